The van der Waals surface area contributed by atoms with Gasteiger partial charge >= 0.3 is 0 Å². The molecule has 0 aliphatic rings. The molecule has 2 aromatic carbocycles. The highest BCUT2D eigenvalue weighted by atomic mass is 79.9. The normalized spacial score (nSPS) is 11.4. The van der Waals surface area contributed by atoms with Crippen LogP contribution in [0.1, 0.15) is 0 Å². The van der Waals surface area contributed by atoms with Crippen LogP contribution >= 0.6 is 27.5 Å². The Hall–Kier alpha value is -1.38. The van der Waals surface area contributed by atoms with E-state index in [1.165, 1.54) is 12.1 Å². The smallest absolute Gasteiger partial charge is 0.263 e. The van der Waals surface area contributed by atoms with E-state index in [9.17, 15) is 17.2 Å². The van der Waals surface area contributed by atoms with E-state index in [0.29, 0.717) is 0 Å². The summed E-state index contributed by atoms with van der Waals surface area (Å²) in [5.74, 6) is -2.24. The Morgan fingerprint density at radius 2 is 1.81 bits per heavy atom. The quantitative estimate of drug-likeness (QED) is 0.775. The van der Waals surface area contributed by atoms with Gasteiger partial charge in [-0.3, -0.25) is 4.72 Å². The van der Waals surface area contributed by atoms with E-state index in [1.807, 2.05) is 0 Å². The maximum absolute atomic E-state index is 13.1. The minimum atomic E-state index is -4.07. The molecule has 0 saturated heterocycles. The molecule has 0 saturated carbocycles. The number of rotatable bonds is 3. The van der Waals surface area contributed by atoms with Crippen LogP contribution in [0.4, 0.5) is 20.2 Å². The summed E-state index contributed by atoms with van der Waals surface area (Å²) < 4.78 is 52.7. The summed E-state index contributed by atoms with van der Waals surface area (Å²) in [5, 5.41) is 0.126. The highest BCUT2D eigenvalue weighted by Gasteiger charge is 2.21. The maximum Gasteiger partial charge on any atom is 0.263 e. The third kappa shape index (κ3) is 3.45. The standard InChI is InChI=1S/C12H8BrClF2N2O2S/c13-12-10(17)3-6(14)4-11(12)21(19,20)18-7-1-2-8(15)9(16)5-7/h1-5,18H,17H2. The van der Waals surface area contributed by atoms with E-state index >= 15 is 0 Å². The van der Waals surface area contributed by atoms with Gasteiger partial charge in [0.05, 0.1) is 10.2 Å². The van der Waals surface area contributed by atoms with Crippen molar-refractivity contribution < 1.29 is 17.2 Å². The van der Waals surface area contributed by atoms with E-state index in [0.717, 1.165) is 18.2 Å². The number of sulfonamides is 1. The number of benzene rings is 2. The fourth-order valence-electron chi connectivity index (χ4n) is 1.55. The Kier molecular flexibility index (Phi) is 4.40. The lowest BCUT2D eigenvalue weighted by Crippen LogP contribution is -2.14. The van der Waals surface area contributed by atoms with Crippen molar-refractivity contribution in [3.63, 3.8) is 0 Å². The van der Waals surface area contributed by atoms with Gasteiger partial charge < -0.3 is 5.73 Å². The number of hydrogen-bond donors (Lipinski definition) is 2. The van der Waals surface area contributed by atoms with E-state index in [2.05, 4.69) is 20.7 Å². The fraction of sp³-hybridized carbons (Fsp3) is 0. The van der Waals surface area contributed by atoms with Crippen LogP contribution in [-0.2, 0) is 10.0 Å². The zero-order chi connectivity index (χ0) is 15.8. The minimum absolute atomic E-state index is 0.126. The van der Waals surface area contributed by atoms with Crippen molar-refractivity contribution >= 4 is 48.9 Å². The average molecular weight is 398 g/mol. The van der Waals surface area contributed by atoms with Gasteiger partial charge in [0.25, 0.3) is 10.0 Å². The van der Waals surface area contributed by atoms with Crippen molar-refractivity contribution in [1.29, 1.82) is 0 Å². The van der Waals surface area contributed by atoms with Crippen LogP contribution in [0.2, 0.25) is 5.02 Å². The molecule has 0 aromatic heterocycles. The van der Waals surface area contributed by atoms with Crippen LogP contribution in [0.15, 0.2) is 39.7 Å². The first kappa shape index (κ1) is 16.0. The van der Waals surface area contributed by atoms with Crippen LogP contribution in [0.25, 0.3) is 0 Å². The first-order valence-corrected chi connectivity index (χ1v) is 8.08. The summed E-state index contributed by atoms with van der Waals surface area (Å²) in [6.45, 7) is 0. The van der Waals surface area contributed by atoms with Gasteiger partial charge in [-0.25, -0.2) is 17.2 Å². The summed E-state index contributed by atoms with van der Waals surface area (Å²) in [5.41, 5.74) is 5.63. The maximum atomic E-state index is 13.1. The Morgan fingerprint density at radius 3 is 2.43 bits per heavy atom. The van der Waals surface area contributed by atoms with Gasteiger partial charge in [-0.05, 0) is 40.2 Å². The second-order valence-electron chi connectivity index (χ2n) is 4.04. The molecule has 21 heavy (non-hydrogen) atoms. The molecule has 9 heteroatoms. The molecule has 0 radical (unpaired) electrons. The van der Waals surface area contributed by atoms with Gasteiger partial charge in [0.2, 0.25) is 0 Å². The van der Waals surface area contributed by atoms with Crippen molar-refractivity contribution in [3.05, 3.63) is 51.5 Å². The molecule has 2 rings (SSSR count). The van der Waals surface area contributed by atoms with Gasteiger partial charge in [0.15, 0.2) is 11.6 Å². The van der Waals surface area contributed by atoms with Crippen molar-refractivity contribution in [1.82, 2.24) is 0 Å². The van der Waals surface area contributed by atoms with Crippen molar-refractivity contribution in [2.75, 3.05) is 10.5 Å². The van der Waals surface area contributed by atoms with Gasteiger partial charge in [-0.1, -0.05) is 11.6 Å². The summed E-state index contributed by atoms with van der Waals surface area (Å²) >= 11 is 8.83. The first-order chi connectivity index (χ1) is 9.70. The lowest BCUT2D eigenvalue weighted by molar-refractivity contribution is 0.509. The third-order valence-corrected chi connectivity index (χ3v) is 5.26. The summed E-state index contributed by atoms with van der Waals surface area (Å²) in [6, 6.07) is 5.20. The third-order valence-electron chi connectivity index (χ3n) is 2.49. The second kappa shape index (κ2) is 5.78. The predicted octanol–water partition coefficient (Wildman–Crippen LogP) is 3.76. The first-order valence-electron chi connectivity index (χ1n) is 5.43. The van der Waals surface area contributed by atoms with Gasteiger partial charge in [0, 0.05) is 16.8 Å². The van der Waals surface area contributed by atoms with E-state index in [-0.39, 0.29) is 25.8 Å². The van der Waals surface area contributed by atoms with Crippen LogP contribution in [-0.4, -0.2) is 8.42 Å². The monoisotopic (exact) mass is 396 g/mol. The number of nitrogens with one attached hydrogen (secondary N) is 1. The molecule has 0 unspecified atom stereocenters. The molecule has 0 aliphatic carbocycles. The molecule has 4 nitrogen and oxygen atoms in total. The highest BCUT2D eigenvalue weighted by Crippen LogP contribution is 2.32. The van der Waals surface area contributed by atoms with Gasteiger partial charge in [0.1, 0.15) is 4.90 Å². The van der Waals surface area contributed by atoms with Gasteiger partial charge in [-0.15, -0.1) is 0 Å². The van der Waals surface area contributed by atoms with Crippen LogP contribution in [0.3, 0.4) is 0 Å². The molecule has 0 spiro atoms. The summed E-state index contributed by atoms with van der Waals surface area (Å²) in [6.07, 6.45) is 0. The zero-order valence-electron chi connectivity index (χ0n) is 10.2. The molecular weight excluding hydrogens is 390 g/mol. The topological polar surface area (TPSA) is 72.2 Å². The molecule has 0 amide bonds. The lowest BCUT2D eigenvalue weighted by Gasteiger charge is -2.11. The Labute approximate surface area is 133 Å². The number of nitrogen functional groups attached to an aromatic ring is 1. The number of anilines is 2. The van der Waals surface area contributed by atoms with E-state index in [4.69, 9.17) is 17.3 Å². The van der Waals surface area contributed by atoms with Gasteiger partial charge in [-0.2, -0.15) is 0 Å². The molecule has 0 fully saturated rings. The molecule has 3 N–H and O–H groups in total. The van der Waals surface area contributed by atoms with Crippen molar-refractivity contribution in [3.8, 4) is 0 Å². The van der Waals surface area contributed by atoms with E-state index < -0.39 is 21.7 Å². The van der Waals surface area contributed by atoms with Crippen LogP contribution in [0, 0.1) is 11.6 Å². The molecule has 0 bridgehead atoms. The van der Waals surface area contributed by atoms with Crippen molar-refractivity contribution in [2.24, 2.45) is 0 Å². The summed E-state index contributed by atoms with van der Waals surface area (Å²) in [7, 11) is -4.07. The largest absolute Gasteiger partial charge is 0.398 e. The molecule has 0 heterocycles. The minimum Gasteiger partial charge on any atom is -0.398 e. The number of nitrogens with two attached hydrogens (primary N) is 1. The molecule has 0 atom stereocenters. The number of hydrogen-bond acceptors (Lipinski definition) is 3. The van der Waals surface area contributed by atoms with Crippen molar-refractivity contribution in [2.45, 2.75) is 4.90 Å². The Balaban J connectivity index is 2.45. The molecule has 112 valence electrons. The highest BCUT2D eigenvalue weighted by molar-refractivity contribution is 9.10. The number of halogens is 4. The summed E-state index contributed by atoms with van der Waals surface area (Å²) in [4.78, 5) is -0.211. The predicted molar refractivity (Wildman–Crippen MR) is 80.7 cm³/mol. The zero-order valence-corrected chi connectivity index (χ0v) is 13.4. The lowest BCUT2D eigenvalue weighted by atomic mass is 10.3. The SMILES string of the molecule is Nc1cc(Cl)cc(S(=O)(=O)Nc2ccc(F)c(F)c2)c1Br. The van der Waals surface area contributed by atoms with E-state index in [1.54, 1.807) is 0 Å². The Bertz CT molecular complexity index is 815. The second-order valence-corrected chi connectivity index (χ2v) is 6.92. The molecule has 2 aromatic rings. The Morgan fingerprint density at radius 1 is 1.14 bits per heavy atom. The fourth-order valence-corrected chi connectivity index (χ4v) is 3.89. The average Bonchev–Trinajstić information content (AvgIpc) is 2.37. The van der Waals surface area contributed by atoms with Crippen LogP contribution < -0.4 is 10.5 Å². The van der Waals surface area contributed by atoms with Crippen LogP contribution in [0.5, 0.6) is 0 Å². The molecular formula is C12H8BrClF2N2O2S. The molecule has 0 aliphatic heterocycles.